The molecule has 0 aliphatic carbocycles. The van der Waals surface area contributed by atoms with Gasteiger partial charge in [0.05, 0.1) is 17.7 Å². The van der Waals surface area contributed by atoms with Crippen molar-refractivity contribution in [3.05, 3.63) is 36.2 Å². The van der Waals surface area contributed by atoms with Crippen molar-refractivity contribution in [3.63, 3.8) is 0 Å². The lowest BCUT2D eigenvalue weighted by Crippen LogP contribution is -2.26. The third-order valence-electron chi connectivity index (χ3n) is 3.11. The van der Waals surface area contributed by atoms with Crippen LogP contribution in [0.15, 0.2) is 35.4 Å². The molecule has 0 saturated heterocycles. The number of aromatic nitrogens is 2. The first kappa shape index (κ1) is 15.3. The summed E-state index contributed by atoms with van der Waals surface area (Å²) in [5.74, 6) is 0.338. The Bertz CT molecular complexity index is 725. The number of methoxy groups -OCH3 is 1. The van der Waals surface area contributed by atoms with Gasteiger partial charge in [0.25, 0.3) is 0 Å². The minimum atomic E-state index is -3.59. The van der Waals surface area contributed by atoms with E-state index in [2.05, 4.69) is 9.82 Å². The van der Waals surface area contributed by atoms with Crippen LogP contribution in [0.2, 0.25) is 0 Å². The van der Waals surface area contributed by atoms with Crippen LogP contribution < -0.4 is 15.2 Å². The lowest BCUT2D eigenvalue weighted by Gasteiger charge is -2.09. The summed E-state index contributed by atoms with van der Waals surface area (Å²) in [5, 5.41) is 4.03. The summed E-state index contributed by atoms with van der Waals surface area (Å²) in [4.78, 5) is 0.124. The lowest BCUT2D eigenvalue weighted by atomic mass is 10.3. The Hall–Kier alpha value is -2.06. The molecule has 0 amide bonds. The molecule has 0 aliphatic heterocycles. The highest BCUT2D eigenvalue weighted by atomic mass is 32.2. The summed E-state index contributed by atoms with van der Waals surface area (Å²) in [6.07, 6.45) is 2.23. The molecule has 0 spiro atoms. The lowest BCUT2D eigenvalue weighted by molar-refractivity contribution is 0.415. The molecule has 0 aliphatic rings. The minimum absolute atomic E-state index is 0.124. The summed E-state index contributed by atoms with van der Waals surface area (Å²) in [5.41, 5.74) is 7.02. The number of nitrogens with one attached hydrogen (secondary N) is 1. The fraction of sp³-hybridized carbons (Fsp3) is 0.308. The van der Waals surface area contributed by atoms with E-state index in [1.54, 1.807) is 10.9 Å². The van der Waals surface area contributed by atoms with E-state index in [-0.39, 0.29) is 11.4 Å². The van der Waals surface area contributed by atoms with Gasteiger partial charge in [-0.3, -0.25) is 4.68 Å². The van der Waals surface area contributed by atoms with Crippen LogP contribution in [0.1, 0.15) is 5.69 Å². The molecule has 8 heteroatoms. The fourth-order valence-electron chi connectivity index (χ4n) is 1.90. The minimum Gasteiger partial charge on any atom is -0.495 e. The first-order valence-corrected chi connectivity index (χ1v) is 7.82. The Morgan fingerprint density at radius 1 is 1.38 bits per heavy atom. The molecule has 0 saturated carbocycles. The number of hydrogen-bond donors (Lipinski definition) is 2. The van der Waals surface area contributed by atoms with Gasteiger partial charge < -0.3 is 10.5 Å². The fourth-order valence-corrected chi connectivity index (χ4v) is 2.95. The number of aryl methyl sites for hydroxylation is 1. The second kappa shape index (κ2) is 6.15. The summed E-state index contributed by atoms with van der Waals surface area (Å²) in [6.45, 7) is 0.286. The number of rotatable bonds is 6. The molecular formula is C13H18N4O3S. The predicted octanol–water partition coefficient (Wildman–Crippen LogP) is 0.532. The molecule has 0 fully saturated rings. The van der Waals surface area contributed by atoms with E-state index < -0.39 is 10.0 Å². The van der Waals surface area contributed by atoms with Gasteiger partial charge in [0.15, 0.2) is 0 Å². The SMILES string of the molecule is COc1cc(S(=O)(=O)NCCc2ccnn2C)ccc1N. The van der Waals surface area contributed by atoms with Crippen molar-refractivity contribution in [1.29, 1.82) is 0 Å². The van der Waals surface area contributed by atoms with Crippen LogP contribution in [0, 0.1) is 0 Å². The summed E-state index contributed by atoms with van der Waals surface area (Å²) >= 11 is 0. The van der Waals surface area contributed by atoms with Gasteiger partial charge in [0.2, 0.25) is 10.0 Å². The number of hydrogen-bond acceptors (Lipinski definition) is 5. The van der Waals surface area contributed by atoms with Crippen molar-refractivity contribution in [1.82, 2.24) is 14.5 Å². The number of nitrogens with zero attached hydrogens (tertiary/aromatic N) is 2. The Morgan fingerprint density at radius 3 is 2.76 bits per heavy atom. The zero-order chi connectivity index (χ0) is 15.5. The molecule has 1 aromatic heterocycles. The molecule has 0 atom stereocenters. The van der Waals surface area contributed by atoms with E-state index in [1.807, 2.05) is 13.1 Å². The maximum absolute atomic E-state index is 12.2. The van der Waals surface area contributed by atoms with Gasteiger partial charge >= 0.3 is 0 Å². The molecule has 3 N–H and O–H groups in total. The highest BCUT2D eigenvalue weighted by molar-refractivity contribution is 7.89. The Morgan fingerprint density at radius 2 is 2.14 bits per heavy atom. The highest BCUT2D eigenvalue weighted by Gasteiger charge is 2.15. The van der Waals surface area contributed by atoms with Gasteiger partial charge in [-0.2, -0.15) is 5.10 Å². The molecule has 0 radical (unpaired) electrons. The molecule has 1 aromatic carbocycles. The average Bonchev–Trinajstić information content (AvgIpc) is 2.84. The first-order valence-electron chi connectivity index (χ1n) is 6.34. The van der Waals surface area contributed by atoms with Crippen molar-refractivity contribution < 1.29 is 13.2 Å². The van der Waals surface area contributed by atoms with Crippen molar-refractivity contribution in [3.8, 4) is 5.75 Å². The van der Waals surface area contributed by atoms with Gasteiger partial charge in [0.1, 0.15) is 5.75 Å². The van der Waals surface area contributed by atoms with E-state index in [1.165, 1.54) is 25.3 Å². The number of nitrogen functional groups attached to an aromatic ring is 1. The molecule has 1 heterocycles. The molecule has 21 heavy (non-hydrogen) atoms. The van der Waals surface area contributed by atoms with Crippen LogP contribution in [0.4, 0.5) is 5.69 Å². The van der Waals surface area contributed by atoms with Gasteiger partial charge in [-0.15, -0.1) is 0 Å². The van der Waals surface area contributed by atoms with Crippen LogP contribution in [-0.4, -0.2) is 31.9 Å². The Kier molecular flexibility index (Phi) is 4.49. The smallest absolute Gasteiger partial charge is 0.240 e. The van der Waals surface area contributed by atoms with Crippen LogP contribution in [0.5, 0.6) is 5.75 Å². The van der Waals surface area contributed by atoms with Gasteiger partial charge in [-0.05, 0) is 18.2 Å². The van der Waals surface area contributed by atoms with E-state index in [0.717, 1.165) is 5.69 Å². The summed E-state index contributed by atoms with van der Waals surface area (Å²) < 4.78 is 33.7. The first-order chi connectivity index (χ1) is 9.94. The molecular weight excluding hydrogens is 292 g/mol. The summed E-state index contributed by atoms with van der Waals surface area (Å²) in [6, 6.07) is 6.21. The van der Waals surface area contributed by atoms with Gasteiger partial charge in [0, 0.05) is 38.0 Å². The maximum atomic E-state index is 12.2. The Labute approximate surface area is 123 Å². The molecule has 0 bridgehead atoms. The van der Waals surface area contributed by atoms with Crippen molar-refractivity contribution in [2.45, 2.75) is 11.3 Å². The molecule has 114 valence electrons. The van der Waals surface area contributed by atoms with E-state index in [9.17, 15) is 8.42 Å². The van der Waals surface area contributed by atoms with Gasteiger partial charge in [-0.25, -0.2) is 13.1 Å². The number of anilines is 1. The van der Waals surface area contributed by atoms with Crippen LogP contribution in [0.25, 0.3) is 0 Å². The molecule has 2 rings (SSSR count). The highest BCUT2D eigenvalue weighted by Crippen LogP contribution is 2.24. The second-order valence-corrected chi connectivity index (χ2v) is 6.26. The number of nitrogens with two attached hydrogens (primary N) is 1. The van der Waals surface area contributed by atoms with Crippen LogP contribution >= 0.6 is 0 Å². The maximum Gasteiger partial charge on any atom is 0.240 e. The zero-order valence-corrected chi connectivity index (χ0v) is 12.7. The van der Waals surface area contributed by atoms with Gasteiger partial charge in [-0.1, -0.05) is 0 Å². The third-order valence-corrected chi connectivity index (χ3v) is 4.57. The van der Waals surface area contributed by atoms with E-state index in [0.29, 0.717) is 17.9 Å². The zero-order valence-electron chi connectivity index (χ0n) is 11.9. The number of ether oxygens (including phenoxy) is 1. The van der Waals surface area contributed by atoms with Crippen LogP contribution in [0.3, 0.4) is 0 Å². The quantitative estimate of drug-likeness (QED) is 0.758. The van der Waals surface area contributed by atoms with E-state index >= 15 is 0 Å². The van der Waals surface area contributed by atoms with Crippen molar-refractivity contribution in [2.75, 3.05) is 19.4 Å². The normalized spacial score (nSPS) is 11.5. The largest absolute Gasteiger partial charge is 0.495 e. The monoisotopic (exact) mass is 310 g/mol. The second-order valence-electron chi connectivity index (χ2n) is 4.50. The number of sulfonamides is 1. The van der Waals surface area contributed by atoms with Crippen molar-refractivity contribution >= 4 is 15.7 Å². The topological polar surface area (TPSA) is 99.2 Å². The molecule has 0 unspecified atom stereocenters. The predicted molar refractivity (Wildman–Crippen MR) is 79.5 cm³/mol. The Balaban J connectivity index is 2.06. The van der Waals surface area contributed by atoms with Crippen LogP contribution in [-0.2, 0) is 23.5 Å². The standard InChI is InChI=1S/C13H18N4O3S/c1-17-10(5-7-15-17)6-8-16-21(18,19)11-3-4-12(14)13(9-11)20-2/h3-5,7,9,16H,6,8,14H2,1-2H3. The summed E-state index contributed by atoms with van der Waals surface area (Å²) in [7, 11) is -0.334. The average molecular weight is 310 g/mol. The molecule has 7 nitrogen and oxygen atoms in total. The third kappa shape index (κ3) is 3.53. The molecule has 2 aromatic rings. The van der Waals surface area contributed by atoms with E-state index in [4.69, 9.17) is 10.5 Å². The number of benzene rings is 1. The van der Waals surface area contributed by atoms with Crippen molar-refractivity contribution in [2.24, 2.45) is 7.05 Å².